The molecule has 2 fully saturated rings. The van der Waals surface area contributed by atoms with E-state index >= 15 is 0 Å². The summed E-state index contributed by atoms with van der Waals surface area (Å²) in [4.78, 5) is 13.9. The zero-order valence-corrected chi connectivity index (χ0v) is 13.8. The number of hydrogen-bond acceptors (Lipinski definition) is 6. The van der Waals surface area contributed by atoms with Crippen LogP contribution in [0.5, 0.6) is 5.75 Å². The summed E-state index contributed by atoms with van der Waals surface area (Å²) in [7, 11) is -1.97. The van der Waals surface area contributed by atoms with Crippen LogP contribution in [0, 0.1) is 0 Å². The maximum Gasteiger partial charge on any atom is 0.323 e. The van der Waals surface area contributed by atoms with E-state index in [2.05, 4.69) is 0 Å². The summed E-state index contributed by atoms with van der Waals surface area (Å²) in [5.74, 6) is 0.421. The number of cyclic esters (lactones) is 1. The number of nitrogens with zero attached hydrogens (tertiary/aromatic N) is 2. The quantitative estimate of drug-likeness (QED) is 0.735. The van der Waals surface area contributed by atoms with Crippen molar-refractivity contribution in [2.45, 2.75) is 17.4 Å². The minimum absolute atomic E-state index is 0.198. The van der Waals surface area contributed by atoms with Gasteiger partial charge in [0.15, 0.2) is 0 Å². The second kappa shape index (κ2) is 6.46. The largest absolute Gasteiger partial charge is 0.497 e. The molecule has 1 atom stereocenters. The lowest BCUT2D eigenvalue weighted by Crippen LogP contribution is -2.52. The van der Waals surface area contributed by atoms with Gasteiger partial charge in [-0.15, -0.1) is 0 Å². The molecule has 3 rings (SSSR count). The monoisotopic (exact) mass is 340 g/mol. The molecule has 7 nitrogen and oxygen atoms in total. The van der Waals surface area contributed by atoms with Crippen LogP contribution in [-0.4, -0.2) is 69.5 Å². The number of hydrogen-bond donors (Lipinski definition) is 0. The van der Waals surface area contributed by atoms with Gasteiger partial charge in [-0.3, -0.25) is 9.69 Å². The van der Waals surface area contributed by atoms with Crippen LogP contribution in [0.3, 0.4) is 0 Å². The SMILES string of the molecule is COc1ccc(S(=O)(=O)N2CCN(C3CCOC3=O)CC2)cc1. The number of esters is 1. The molecule has 2 aliphatic heterocycles. The van der Waals surface area contributed by atoms with Crippen molar-refractivity contribution in [1.82, 2.24) is 9.21 Å². The van der Waals surface area contributed by atoms with Crippen LogP contribution in [0.4, 0.5) is 0 Å². The Bertz CT molecular complexity index is 666. The number of carbonyl (C=O) groups is 1. The van der Waals surface area contributed by atoms with Crippen molar-refractivity contribution >= 4 is 16.0 Å². The van der Waals surface area contributed by atoms with Crippen LogP contribution in [-0.2, 0) is 19.6 Å². The van der Waals surface area contributed by atoms with E-state index in [1.165, 1.54) is 11.4 Å². The fraction of sp³-hybridized carbons (Fsp3) is 0.533. The first kappa shape index (κ1) is 16.2. The van der Waals surface area contributed by atoms with Gasteiger partial charge in [0.05, 0.1) is 18.6 Å². The van der Waals surface area contributed by atoms with Gasteiger partial charge in [0.25, 0.3) is 0 Å². The zero-order chi connectivity index (χ0) is 16.4. The predicted octanol–water partition coefficient (Wildman–Crippen LogP) is 0.317. The maximum absolute atomic E-state index is 12.7. The van der Waals surface area contributed by atoms with E-state index in [1.807, 2.05) is 4.90 Å². The van der Waals surface area contributed by atoms with Gasteiger partial charge in [-0.25, -0.2) is 8.42 Å². The number of benzene rings is 1. The number of sulfonamides is 1. The molecule has 2 aliphatic rings. The van der Waals surface area contributed by atoms with Crippen molar-refractivity contribution in [1.29, 1.82) is 0 Å². The molecule has 0 aromatic heterocycles. The zero-order valence-electron chi connectivity index (χ0n) is 13.0. The molecule has 2 saturated heterocycles. The summed E-state index contributed by atoms with van der Waals surface area (Å²) in [6, 6.07) is 6.15. The summed E-state index contributed by atoms with van der Waals surface area (Å²) >= 11 is 0. The highest BCUT2D eigenvalue weighted by atomic mass is 32.2. The average Bonchev–Trinajstić information content (AvgIpc) is 3.01. The van der Waals surface area contributed by atoms with Crippen molar-refractivity contribution in [3.8, 4) is 5.75 Å². The third kappa shape index (κ3) is 3.19. The highest BCUT2D eigenvalue weighted by molar-refractivity contribution is 7.89. The number of methoxy groups -OCH3 is 1. The molecule has 1 unspecified atom stereocenters. The van der Waals surface area contributed by atoms with Crippen LogP contribution in [0.25, 0.3) is 0 Å². The smallest absolute Gasteiger partial charge is 0.323 e. The van der Waals surface area contributed by atoms with Gasteiger partial charge in [0.1, 0.15) is 11.8 Å². The van der Waals surface area contributed by atoms with Gasteiger partial charge in [-0.1, -0.05) is 0 Å². The lowest BCUT2D eigenvalue weighted by molar-refractivity contribution is -0.142. The van der Waals surface area contributed by atoms with Gasteiger partial charge >= 0.3 is 5.97 Å². The molecule has 1 aromatic carbocycles. The Morgan fingerprint density at radius 1 is 1.13 bits per heavy atom. The number of piperazine rings is 1. The summed E-state index contributed by atoms with van der Waals surface area (Å²) in [5.41, 5.74) is 0. The van der Waals surface area contributed by atoms with Crippen LogP contribution in [0.15, 0.2) is 29.2 Å². The Hall–Kier alpha value is -1.64. The second-order valence-corrected chi connectivity index (χ2v) is 7.53. The maximum atomic E-state index is 12.7. The van der Waals surface area contributed by atoms with Gasteiger partial charge in [-0.05, 0) is 24.3 Å². The molecule has 0 amide bonds. The van der Waals surface area contributed by atoms with Crippen LogP contribution >= 0.6 is 0 Å². The summed E-state index contributed by atoms with van der Waals surface area (Å²) in [6.45, 7) is 2.27. The summed E-state index contributed by atoms with van der Waals surface area (Å²) in [6.07, 6.45) is 0.685. The first-order valence-corrected chi connectivity index (χ1v) is 9.01. The first-order chi connectivity index (χ1) is 11.0. The van der Waals surface area contributed by atoms with E-state index in [0.29, 0.717) is 45.0 Å². The van der Waals surface area contributed by atoms with Gasteiger partial charge in [-0.2, -0.15) is 4.31 Å². The number of ether oxygens (including phenoxy) is 2. The topological polar surface area (TPSA) is 76.2 Å². The molecular weight excluding hydrogens is 320 g/mol. The molecule has 8 heteroatoms. The predicted molar refractivity (Wildman–Crippen MR) is 82.7 cm³/mol. The molecule has 0 radical (unpaired) electrons. The van der Waals surface area contributed by atoms with Crippen molar-refractivity contribution in [3.05, 3.63) is 24.3 Å². The summed E-state index contributed by atoms with van der Waals surface area (Å²) in [5, 5.41) is 0. The van der Waals surface area contributed by atoms with Crippen LogP contribution < -0.4 is 4.74 Å². The Kier molecular flexibility index (Phi) is 4.56. The van der Waals surface area contributed by atoms with E-state index in [-0.39, 0.29) is 16.9 Å². The molecule has 0 bridgehead atoms. The molecule has 0 spiro atoms. The Morgan fingerprint density at radius 2 is 1.78 bits per heavy atom. The molecule has 1 aromatic rings. The van der Waals surface area contributed by atoms with Crippen molar-refractivity contribution < 1.29 is 22.7 Å². The summed E-state index contributed by atoms with van der Waals surface area (Å²) < 4.78 is 36.8. The molecule has 0 aliphatic carbocycles. The molecule has 0 saturated carbocycles. The minimum atomic E-state index is -3.51. The van der Waals surface area contributed by atoms with E-state index in [9.17, 15) is 13.2 Å². The van der Waals surface area contributed by atoms with Crippen molar-refractivity contribution in [2.75, 3.05) is 39.9 Å². The molecule has 0 N–H and O–H groups in total. The molecule has 2 heterocycles. The van der Waals surface area contributed by atoms with E-state index in [1.54, 1.807) is 24.3 Å². The fourth-order valence-electron chi connectivity index (χ4n) is 2.97. The van der Waals surface area contributed by atoms with Gasteiger partial charge in [0.2, 0.25) is 10.0 Å². The average molecular weight is 340 g/mol. The minimum Gasteiger partial charge on any atom is -0.497 e. The number of carbonyl (C=O) groups excluding carboxylic acids is 1. The molecule has 23 heavy (non-hydrogen) atoms. The normalized spacial score (nSPS) is 23.7. The third-order valence-corrected chi connectivity index (χ3v) is 6.23. The standard InChI is InChI=1S/C15H20N2O5S/c1-21-12-2-4-13(5-3-12)23(19,20)17-9-7-16(8-10-17)14-6-11-22-15(14)18/h2-5,14H,6-11H2,1H3. The first-order valence-electron chi connectivity index (χ1n) is 7.57. The van der Waals surface area contributed by atoms with Gasteiger partial charge in [0, 0.05) is 32.6 Å². The lowest BCUT2D eigenvalue weighted by Gasteiger charge is -2.35. The molecule has 126 valence electrons. The van der Waals surface area contributed by atoms with E-state index < -0.39 is 10.0 Å². The Morgan fingerprint density at radius 3 is 2.30 bits per heavy atom. The van der Waals surface area contributed by atoms with Gasteiger partial charge < -0.3 is 9.47 Å². The van der Waals surface area contributed by atoms with Crippen LogP contribution in [0.2, 0.25) is 0 Å². The third-order valence-electron chi connectivity index (χ3n) is 4.32. The Labute approximate surface area is 135 Å². The fourth-order valence-corrected chi connectivity index (χ4v) is 4.39. The Balaban J connectivity index is 1.67. The van der Waals surface area contributed by atoms with E-state index in [0.717, 1.165) is 0 Å². The lowest BCUT2D eigenvalue weighted by atomic mass is 10.2. The second-order valence-electron chi connectivity index (χ2n) is 5.59. The number of rotatable bonds is 4. The highest BCUT2D eigenvalue weighted by Gasteiger charge is 2.36. The van der Waals surface area contributed by atoms with Crippen molar-refractivity contribution in [3.63, 3.8) is 0 Å². The van der Waals surface area contributed by atoms with Crippen LogP contribution in [0.1, 0.15) is 6.42 Å². The molecular formula is C15H20N2O5S. The van der Waals surface area contributed by atoms with Crippen molar-refractivity contribution in [2.24, 2.45) is 0 Å². The van der Waals surface area contributed by atoms with E-state index in [4.69, 9.17) is 9.47 Å². The highest BCUT2D eigenvalue weighted by Crippen LogP contribution is 2.22.